The Kier molecular flexibility index (Phi) is 4.97. The second-order valence-electron chi connectivity index (χ2n) is 5.94. The van der Waals surface area contributed by atoms with Gasteiger partial charge in [-0.05, 0) is 44.8 Å². The summed E-state index contributed by atoms with van der Waals surface area (Å²) in [4.78, 5) is 13.2. The second kappa shape index (κ2) is 7.15. The fourth-order valence-corrected chi connectivity index (χ4v) is 3.60. The molecule has 0 radical (unpaired) electrons. The summed E-state index contributed by atoms with van der Waals surface area (Å²) in [5, 5.41) is 4.58. The van der Waals surface area contributed by atoms with Gasteiger partial charge < -0.3 is 15.0 Å². The Hall–Kier alpha value is -2.18. The molecule has 6 heteroatoms. The fraction of sp³-hybridized carbons (Fsp3) is 0.333. The zero-order valence-electron chi connectivity index (χ0n) is 14.4. The number of aromatic nitrogens is 2. The minimum Gasteiger partial charge on any atom is -0.497 e. The highest BCUT2D eigenvalue weighted by Crippen LogP contribution is 2.29. The van der Waals surface area contributed by atoms with Gasteiger partial charge in [-0.2, -0.15) is 0 Å². The van der Waals surface area contributed by atoms with Crippen molar-refractivity contribution >= 4 is 27.4 Å². The monoisotopic (exact) mass is 342 g/mol. The van der Waals surface area contributed by atoms with E-state index in [2.05, 4.69) is 59.4 Å². The number of anilines is 1. The molecule has 0 spiro atoms. The summed E-state index contributed by atoms with van der Waals surface area (Å²) >= 11 is 1.69. The number of nitrogens with zero attached hydrogens (tertiary/aromatic N) is 3. The number of hydrogen-bond donors (Lipinski definition) is 1. The Labute approximate surface area is 146 Å². The Balaban J connectivity index is 1.83. The summed E-state index contributed by atoms with van der Waals surface area (Å²) in [6, 6.07) is 10.5. The number of hydrogen-bond acceptors (Lipinski definition) is 6. The van der Waals surface area contributed by atoms with Gasteiger partial charge in [0.25, 0.3) is 0 Å². The summed E-state index contributed by atoms with van der Waals surface area (Å²) in [5.41, 5.74) is 1.21. The number of aryl methyl sites for hydroxylation is 1. The summed E-state index contributed by atoms with van der Waals surface area (Å²) in [7, 11) is 5.85. The van der Waals surface area contributed by atoms with Crippen LogP contribution in [0.3, 0.4) is 0 Å². The molecular formula is C18H22N4OS. The van der Waals surface area contributed by atoms with Crippen molar-refractivity contribution in [3.05, 3.63) is 47.1 Å². The molecule has 0 fully saturated rings. The number of thiophene rings is 1. The predicted octanol–water partition coefficient (Wildman–Crippen LogP) is 3.72. The van der Waals surface area contributed by atoms with E-state index in [4.69, 9.17) is 4.74 Å². The quantitative estimate of drug-likeness (QED) is 0.740. The van der Waals surface area contributed by atoms with E-state index in [1.165, 1.54) is 10.4 Å². The number of benzene rings is 1. The van der Waals surface area contributed by atoms with Crippen molar-refractivity contribution in [2.75, 3.05) is 33.1 Å². The lowest BCUT2D eigenvalue weighted by Gasteiger charge is -2.25. The maximum atomic E-state index is 5.35. The molecule has 0 bridgehead atoms. The first-order valence-corrected chi connectivity index (χ1v) is 8.65. The molecule has 1 aromatic carbocycles. The number of ether oxygens (including phenoxy) is 1. The highest BCUT2D eigenvalue weighted by Gasteiger charge is 2.16. The van der Waals surface area contributed by atoms with Gasteiger partial charge in [-0.15, -0.1) is 11.3 Å². The number of likely N-dealkylation sites (N-methyl/N-ethyl adjacent to an activating group) is 1. The number of methoxy groups -OCH3 is 1. The van der Waals surface area contributed by atoms with Crippen LogP contribution in [0.1, 0.15) is 16.5 Å². The Morgan fingerprint density at radius 3 is 2.83 bits per heavy atom. The lowest BCUT2D eigenvalue weighted by atomic mass is 10.1. The highest BCUT2D eigenvalue weighted by atomic mass is 32.1. The number of nitrogens with one attached hydrogen (secondary N) is 1. The van der Waals surface area contributed by atoms with Crippen LogP contribution in [0.4, 0.5) is 5.82 Å². The normalized spacial score (nSPS) is 12.5. The van der Waals surface area contributed by atoms with Gasteiger partial charge in [0.15, 0.2) is 0 Å². The third-order valence-electron chi connectivity index (χ3n) is 4.02. The molecule has 5 nitrogen and oxygen atoms in total. The molecule has 126 valence electrons. The molecule has 2 aromatic heterocycles. The zero-order valence-corrected chi connectivity index (χ0v) is 15.2. The maximum absolute atomic E-state index is 5.35. The third-order valence-corrected chi connectivity index (χ3v) is 4.98. The van der Waals surface area contributed by atoms with Crippen molar-refractivity contribution in [2.45, 2.75) is 13.0 Å². The lowest BCUT2D eigenvalue weighted by Crippen LogP contribution is -2.27. The minimum absolute atomic E-state index is 0.213. The summed E-state index contributed by atoms with van der Waals surface area (Å²) in [6.45, 7) is 2.84. The summed E-state index contributed by atoms with van der Waals surface area (Å²) in [6.07, 6.45) is 1.62. The molecule has 0 saturated heterocycles. The second-order valence-corrected chi connectivity index (χ2v) is 7.17. The zero-order chi connectivity index (χ0) is 17.1. The highest BCUT2D eigenvalue weighted by molar-refractivity contribution is 7.18. The first-order chi connectivity index (χ1) is 11.6. The molecule has 2 heterocycles. The molecule has 1 N–H and O–H groups in total. The van der Waals surface area contributed by atoms with Crippen molar-refractivity contribution in [1.29, 1.82) is 0 Å². The van der Waals surface area contributed by atoms with E-state index in [9.17, 15) is 0 Å². The largest absolute Gasteiger partial charge is 0.497 e. The smallest absolute Gasteiger partial charge is 0.138 e. The van der Waals surface area contributed by atoms with Gasteiger partial charge in [0.1, 0.15) is 22.7 Å². The van der Waals surface area contributed by atoms with E-state index >= 15 is 0 Å². The Bertz CT molecular complexity index is 831. The van der Waals surface area contributed by atoms with Gasteiger partial charge in [0.05, 0.1) is 18.5 Å². The van der Waals surface area contributed by atoms with Crippen LogP contribution in [0.15, 0.2) is 36.7 Å². The van der Waals surface area contributed by atoms with Gasteiger partial charge in [0, 0.05) is 11.4 Å². The number of fused-ring (bicyclic) bond motifs is 1. The van der Waals surface area contributed by atoms with Gasteiger partial charge in [-0.3, -0.25) is 0 Å². The van der Waals surface area contributed by atoms with Gasteiger partial charge >= 0.3 is 0 Å². The van der Waals surface area contributed by atoms with Crippen LogP contribution in [0.5, 0.6) is 5.75 Å². The third kappa shape index (κ3) is 3.49. The first-order valence-electron chi connectivity index (χ1n) is 7.84. The summed E-state index contributed by atoms with van der Waals surface area (Å²) in [5.74, 6) is 1.76. The van der Waals surface area contributed by atoms with Crippen molar-refractivity contribution in [1.82, 2.24) is 14.9 Å². The fourth-order valence-electron chi connectivity index (χ4n) is 2.76. The lowest BCUT2D eigenvalue weighted by molar-refractivity contribution is 0.310. The van der Waals surface area contributed by atoms with E-state index in [0.717, 1.165) is 28.3 Å². The molecule has 1 unspecified atom stereocenters. The van der Waals surface area contributed by atoms with E-state index < -0.39 is 0 Å². The SMILES string of the molecule is COc1cccc(C(CNc2ncnc3sc(C)cc23)N(C)C)c1. The molecular weight excluding hydrogens is 320 g/mol. The molecule has 0 aliphatic heterocycles. The van der Waals surface area contributed by atoms with Crippen LogP contribution in [0, 0.1) is 6.92 Å². The maximum Gasteiger partial charge on any atom is 0.138 e. The standard InChI is InChI=1S/C18H22N4OS/c1-12-8-15-17(20-11-21-18(15)24-12)19-10-16(22(2)3)13-6-5-7-14(9-13)23-4/h5-9,11,16H,10H2,1-4H3,(H,19,20,21). The molecule has 0 aliphatic carbocycles. The van der Waals surface area contributed by atoms with Crippen LogP contribution in [-0.4, -0.2) is 42.6 Å². The van der Waals surface area contributed by atoms with Crippen molar-refractivity contribution in [3.63, 3.8) is 0 Å². The van der Waals surface area contributed by atoms with E-state index in [0.29, 0.717) is 0 Å². The molecule has 1 atom stereocenters. The topological polar surface area (TPSA) is 50.3 Å². The first kappa shape index (κ1) is 16.7. The predicted molar refractivity (Wildman–Crippen MR) is 100 cm³/mol. The molecule has 3 aromatic rings. The average molecular weight is 342 g/mol. The molecule has 3 rings (SSSR count). The van der Waals surface area contributed by atoms with Crippen LogP contribution in [0.2, 0.25) is 0 Å². The van der Waals surface area contributed by atoms with Crippen LogP contribution in [-0.2, 0) is 0 Å². The van der Waals surface area contributed by atoms with Crippen molar-refractivity contribution in [2.24, 2.45) is 0 Å². The van der Waals surface area contributed by atoms with E-state index in [1.54, 1.807) is 24.8 Å². The van der Waals surface area contributed by atoms with Crippen molar-refractivity contribution in [3.8, 4) is 5.75 Å². The molecule has 0 saturated carbocycles. The van der Waals surface area contributed by atoms with Crippen molar-refractivity contribution < 1.29 is 4.74 Å². The van der Waals surface area contributed by atoms with Crippen LogP contribution in [0.25, 0.3) is 10.2 Å². The van der Waals surface area contributed by atoms with Gasteiger partial charge in [0.2, 0.25) is 0 Å². The average Bonchev–Trinajstić information content (AvgIpc) is 2.96. The minimum atomic E-state index is 0.213. The Morgan fingerprint density at radius 1 is 1.25 bits per heavy atom. The van der Waals surface area contributed by atoms with E-state index in [-0.39, 0.29) is 6.04 Å². The molecule has 0 amide bonds. The summed E-state index contributed by atoms with van der Waals surface area (Å²) < 4.78 is 5.35. The van der Waals surface area contributed by atoms with Gasteiger partial charge in [-0.25, -0.2) is 9.97 Å². The van der Waals surface area contributed by atoms with Crippen LogP contribution < -0.4 is 10.1 Å². The Morgan fingerprint density at radius 2 is 2.08 bits per heavy atom. The van der Waals surface area contributed by atoms with E-state index in [1.807, 2.05) is 12.1 Å². The number of rotatable bonds is 6. The van der Waals surface area contributed by atoms with Gasteiger partial charge in [-0.1, -0.05) is 12.1 Å². The van der Waals surface area contributed by atoms with Crippen LogP contribution >= 0.6 is 11.3 Å². The molecule has 0 aliphatic rings. The molecule has 24 heavy (non-hydrogen) atoms.